The molecule has 0 bridgehead atoms. The number of benzene rings is 2. The highest BCUT2D eigenvalue weighted by molar-refractivity contribution is 5.90. The highest BCUT2D eigenvalue weighted by Crippen LogP contribution is 2.33. The summed E-state index contributed by atoms with van der Waals surface area (Å²) in [7, 11) is 1.80. The SMILES string of the molecule is Cc1cc(-c2cc(F)c3c(=O)n(C4CCN(C(=O)OC(C)(C)C)CC4)cnc3c2F)cc2cn(C)nc12. The second kappa shape index (κ2) is 8.93. The molecule has 0 atom stereocenters. The largest absolute Gasteiger partial charge is 0.444 e. The van der Waals surface area contributed by atoms with Gasteiger partial charge in [-0.25, -0.2) is 18.6 Å². The molecule has 2 aromatic heterocycles. The molecule has 4 aromatic rings. The van der Waals surface area contributed by atoms with Gasteiger partial charge in [-0.15, -0.1) is 0 Å². The van der Waals surface area contributed by atoms with Crippen molar-refractivity contribution in [1.82, 2.24) is 24.2 Å². The van der Waals surface area contributed by atoms with Crippen molar-refractivity contribution in [2.24, 2.45) is 7.05 Å². The summed E-state index contributed by atoms with van der Waals surface area (Å²) in [4.78, 5) is 31.4. The van der Waals surface area contributed by atoms with E-state index < -0.39 is 28.9 Å². The van der Waals surface area contributed by atoms with Crippen LogP contribution >= 0.6 is 0 Å². The molecule has 1 aliphatic heterocycles. The summed E-state index contributed by atoms with van der Waals surface area (Å²) in [5, 5.41) is 4.82. The number of amides is 1. The number of carbonyl (C=O) groups is 1. The van der Waals surface area contributed by atoms with E-state index in [0.29, 0.717) is 31.5 Å². The van der Waals surface area contributed by atoms with Gasteiger partial charge in [0.25, 0.3) is 5.56 Å². The summed E-state index contributed by atoms with van der Waals surface area (Å²) in [5.74, 6) is -1.57. The number of aromatic nitrogens is 4. The number of nitrogens with zero attached hydrogens (tertiary/aromatic N) is 5. The predicted octanol–water partition coefficient (Wildman–Crippen LogP) is 5.11. The maximum atomic E-state index is 15.6. The third-order valence-corrected chi connectivity index (χ3v) is 6.68. The van der Waals surface area contributed by atoms with Crippen LogP contribution in [-0.2, 0) is 11.8 Å². The molecule has 1 fully saturated rings. The van der Waals surface area contributed by atoms with Crippen molar-refractivity contribution in [3.8, 4) is 11.1 Å². The number of piperidine rings is 1. The molecule has 194 valence electrons. The first kappa shape index (κ1) is 24.9. The second-order valence-corrected chi connectivity index (χ2v) is 10.6. The highest BCUT2D eigenvalue weighted by atomic mass is 19.1. The van der Waals surface area contributed by atoms with Gasteiger partial charge in [0.05, 0.1) is 11.8 Å². The van der Waals surface area contributed by atoms with Crippen molar-refractivity contribution in [2.75, 3.05) is 13.1 Å². The summed E-state index contributed by atoms with van der Waals surface area (Å²) >= 11 is 0. The molecule has 0 saturated carbocycles. The lowest BCUT2D eigenvalue weighted by molar-refractivity contribution is 0.0187. The summed E-state index contributed by atoms with van der Waals surface area (Å²) in [6.07, 6.45) is 3.62. The van der Waals surface area contributed by atoms with Gasteiger partial charge in [-0.1, -0.05) is 0 Å². The molecule has 0 spiro atoms. The van der Waals surface area contributed by atoms with Crippen LogP contribution in [-0.4, -0.2) is 49.0 Å². The van der Waals surface area contributed by atoms with Gasteiger partial charge in [0.1, 0.15) is 22.3 Å². The van der Waals surface area contributed by atoms with E-state index in [-0.39, 0.29) is 22.5 Å². The number of likely N-dealkylation sites (tertiary alicyclic amines) is 1. The first-order valence-corrected chi connectivity index (χ1v) is 12.2. The van der Waals surface area contributed by atoms with E-state index in [1.807, 2.05) is 13.1 Å². The Kier molecular flexibility index (Phi) is 6.00. The Morgan fingerprint density at radius 3 is 2.49 bits per heavy atom. The zero-order valence-corrected chi connectivity index (χ0v) is 21.5. The monoisotopic (exact) mass is 509 g/mol. The van der Waals surface area contributed by atoms with Crippen LogP contribution in [0.4, 0.5) is 13.6 Å². The molecule has 10 heteroatoms. The van der Waals surface area contributed by atoms with E-state index in [9.17, 15) is 9.59 Å². The number of hydrogen-bond donors (Lipinski definition) is 0. The standard InChI is InChI=1S/C27H29F2N5O3/c1-15-10-16(11-17-13-32(5)31-23(15)17)19-12-20(28)21-24(22(19)29)30-14-34(25(21)35)18-6-8-33(9-7-18)26(36)37-27(2,3)4/h10-14,18H,6-9H2,1-5H3. The van der Waals surface area contributed by atoms with Crippen molar-refractivity contribution in [1.29, 1.82) is 0 Å². The van der Waals surface area contributed by atoms with Crippen molar-refractivity contribution in [3.05, 3.63) is 58.3 Å². The third kappa shape index (κ3) is 4.56. The van der Waals surface area contributed by atoms with Crippen molar-refractivity contribution >= 4 is 27.9 Å². The van der Waals surface area contributed by atoms with Crippen LogP contribution in [0.1, 0.15) is 45.2 Å². The van der Waals surface area contributed by atoms with E-state index in [4.69, 9.17) is 4.74 Å². The normalized spacial score (nSPS) is 15.1. The lowest BCUT2D eigenvalue weighted by Crippen LogP contribution is -2.43. The molecular weight excluding hydrogens is 480 g/mol. The molecule has 0 unspecified atom stereocenters. The minimum atomic E-state index is -0.826. The molecule has 1 aliphatic rings. The zero-order chi connectivity index (χ0) is 26.6. The number of ether oxygens (including phenoxy) is 1. The number of carbonyl (C=O) groups excluding carboxylic acids is 1. The Balaban J connectivity index is 1.47. The van der Waals surface area contributed by atoms with E-state index in [0.717, 1.165) is 22.5 Å². The van der Waals surface area contributed by atoms with Gasteiger partial charge in [0, 0.05) is 43.3 Å². The zero-order valence-electron chi connectivity index (χ0n) is 21.5. The van der Waals surface area contributed by atoms with Gasteiger partial charge in [0.2, 0.25) is 0 Å². The summed E-state index contributed by atoms with van der Waals surface area (Å²) in [5.41, 5.74) is 0.594. The fourth-order valence-corrected chi connectivity index (χ4v) is 4.95. The van der Waals surface area contributed by atoms with Crippen molar-refractivity contribution in [3.63, 3.8) is 0 Å². The van der Waals surface area contributed by atoms with E-state index in [2.05, 4.69) is 10.1 Å². The van der Waals surface area contributed by atoms with Crippen LogP contribution in [0.15, 0.2) is 35.5 Å². The van der Waals surface area contributed by atoms with Crippen LogP contribution < -0.4 is 5.56 Å². The molecule has 37 heavy (non-hydrogen) atoms. The van der Waals surface area contributed by atoms with Gasteiger partial charge in [-0.05, 0) is 69.9 Å². The summed E-state index contributed by atoms with van der Waals surface area (Å²) < 4.78 is 39.4. The number of aryl methyl sites for hydroxylation is 2. The third-order valence-electron chi connectivity index (χ3n) is 6.68. The Morgan fingerprint density at radius 1 is 1.11 bits per heavy atom. The lowest BCUT2D eigenvalue weighted by atomic mass is 9.99. The van der Waals surface area contributed by atoms with Crippen molar-refractivity contribution < 1.29 is 18.3 Å². The molecule has 2 aromatic carbocycles. The number of rotatable bonds is 2. The fraction of sp³-hybridized carbons (Fsp3) is 0.407. The highest BCUT2D eigenvalue weighted by Gasteiger charge is 2.29. The minimum absolute atomic E-state index is 0.0363. The summed E-state index contributed by atoms with van der Waals surface area (Å²) in [6.45, 7) is 8.03. The Bertz CT molecular complexity index is 1590. The molecular formula is C27H29F2N5O3. The fourth-order valence-electron chi connectivity index (χ4n) is 4.95. The van der Waals surface area contributed by atoms with Gasteiger partial charge < -0.3 is 9.64 Å². The number of hydrogen-bond acceptors (Lipinski definition) is 5. The maximum absolute atomic E-state index is 15.6. The number of fused-ring (bicyclic) bond motifs is 2. The van der Waals surface area contributed by atoms with Crippen LogP contribution in [0.25, 0.3) is 32.9 Å². The Morgan fingerprint density at radius 2 is 1.81 bits per heavy atom. The van der Waals surface area contributed by atoms with Crippen LogP contribution in [0.5, 0.6) is 0 Å². The molecule has 8 nitrogen and oxygen atoms in total. The average molecular weight is 510 g/mol. The van der Waals surface area contributed by atoms with Crippen LogP contribution in [0, 0.1) is 18.6 Å². The predicted molar refractivity (Wildman–Crippen MR) is 136 cm³/mol. The molecule has 0 N–H and O–H groups in total. The van der Waals surface area contributed by atoms with Gasteiger partial charge in [0.15, 0.2) is 5.82 Å². The van der Waals surface area contributed by atoms with E-state index >= 15 is 8.78 Å². The molecule has 0 aliphatic carbocycles. The molecule has 5 rings (SSSR count). The van der Waals surface area contributed by atoms with Gasteiger partial charge in [-0.3, -0.25) is 14.0 Å². The maximum Gasteiger partial charge on any atom is 0.410 e. The minimum Gasteiger partial charge on any atom is -0.444 e. The lowest BCUT2D eigenvalue weighted by Gasteiger charge is -2.34. The van der Waals surface area contributed by atoms with E-state index in [1.165, 1.54) is 10.9 Å². The first-order chi connectivity index (χ1) is 17.4. The quantitative estimate of drug-likeness (QED) is 0.375. The van der Waals surface area contributed by atoms with Crippen molar-refractivity contribution in [2.45, 2.75) is 52.2 Å². The molecule has 1 saturated heterocycles. The second-order valence-electron chi connectivity index (χ2n) is 10.6. The van der Waals surface area contributed by atoms with Crippen LogP contribution in [0.2, 0.25) is 0 Å². The summed E-state index contributed by atoms with van der Waals surface area (Å²) in [6, 6.07) is 4.27. The average Bonchev–Trinajstić information content (AvgIpc) is 3.21. The van der Waals surface area contributed by atoms with Gasteiger partial charge >= 0.3 is 6.09 Å². The molecule has 1 amide bonds. The topological polar surface area (TPSA) is 82.3 Å². The smallest absolute Gasteiger partial charge is 0.410 e. The van der Waals surface area contributed by atoms with E-state index in [1.54, 1.807) is 49.5 Å². The molecule has 0 radical (unpaired) electrons. The Hall–Kier alpha value is -3.82. The number of halogens is 2. The van der Waals surface area contributed by atoms with Crippen LogP contribution in [0.3, 0.4) is 0 Å². The first-order valence-electron chi connectivity index (χ1n) is 12.2. The van der Waals surface area contributed by atoms with Gasteiger partial charge in [-0.2, -0.15) is 5.10 Å². The Labute approximate surface area is 212 Å². The molecule has 3 heterocycles.